The second kappa shape index (κ2) is 4.35. The van der Waals surface area contributed by atoms with Gasteiger partial charge in [-0.15, -0.1) is 0 Å². The number of pyridine rings is 1. The summed E-state index contributed by atoms with van der Waals surface area (Å²) >= 11 is -2.09. The number of likely N-dealkylation sites (tertiary alicyclic amines) is 1. The van der Waals surface area contributed by atoms with Gasteiger partial charge in [0.15, 0.2) is 0 Å². The van der Waals surface area contributed by atoms with Crippen LogP contribution in [0, 0.1) is 0 Å². The molecule has 0 unspecified atom stereocenters. The zero-order valence-corrected chi connectivity index (χ0v) is 13.0. The standard InChI is InChI=1S/C9H9N2O.3CH3.Sn/c12-9(11-5-2-6-11)8-3-1-4-10-7-8;;;;/h3-4,7H,2,5-6H2;3*1H3;. The SMILES string of the molecule is [CH3][Sn]([CH3])([CH3])[c]1cncc(C(=O)N2CCC2)c1. The van der Waals surface area contributed by atoms with Crippen molar-refractivity contribution >= 4 is 27.9 Å². The zero-order chi connectivity index (χ0) is 11.8. The van der Waals surface area contributed by atoms with Gasteiger partial charge >= 0.3 is 101 Å². The maximum absolute atomic E-state index is 12.0. The van der Waals surface area contributed by atoms with Gasteiger partial charge in [-0.05, 0) is 0 Å². The zero-order valence-electron chi connectivity index (χ0n) is 10.2. The summed E-state index contributed by atoms with van der Waals surface area (Å²) in [6, 6.07) is 2.06. The number of carbonyl (C=O) groups excluding carboxylic acids is 1. The molecule has 0 saturated carbocycles. The predicted molar refractivity (Wildman–Crippen MR) is 67.7 cm³/mol. The Morgan fingerprint density at radius 1 is 1.31 bits per heavy atom. The minimum atomic E-state index is -2.09. The van der Waals surface area contributed by atoms with Crippen LogP contribution in [0.25, 0.3) is 0 Å². The van der Waals surface area contributed by atoms with Crippen molar-refractivity contribution in [3.05, 3.63) is 24.0 Å². The number of aromatic nitrogens is 1. The molecule has 4 heteroatoms. The van der Waals surface area contributed by atoms with E-state index in [1.807, 2.05) is 11.1 Å². The van der Waals surface area contributed by atoms with Crippen molar-refractivity contribution in [2.24, 2.45) is 0 Å². The van der Waals surface area contributed by atoms with E-state index in [0.717, 1.165) is 25.1 Å². The fourth-order valence-electron chi connectivity index (χ4n) is 1.67. The summed E-state index contributed by atoms with van der Waals surface area (Å²) in [4.78, 5) is 25.1. The normalized spacial score (nSPS) is 15.8. The summed E-state index contributed by atoms with van der Waals surface area (Å²) in [6.45, 7) is 1.81. The van der Waals surface area contributed by atoms with Gasteiger partial charge in [0.25, 0.3) is 0 Å². The van der Waals surface area contributed by atoms with Crippen LogP contribution in [-0.4, -0.2) is 47.3 Å². The molecule has 3 nitrogen and oxygen atoms in total. The third kappa shape index (κ3) is 2.39. The average Bonchev–Trinajstić information content (AvgIpc) is 2.14. The van der Waals surface area contributed by atoms with E-state index in [0.29, 0.717) is 0 Å². The third-order valence-electron chi connectivity index (χ3n) is 2.99. The molecular weight excluding hydrogens is 307 g/mol. The summed E-state index contributed by atoms with van der Waals surface area (Å²) in [6.07, 6.45) is 4.77. The van der Waals surface area contributed by atoms with Crippen LogP contribution in [0.4, 0.5) is 0 Å². The molecule has 86 valence electrons. The quantitative estimate of drug-likeness (QED) is 0.772. The molecule has 1 aliphatic heterocycles. The van der Waals surface area contributed by atoms with Crippen molar-refractivity contribution in [3.63, 3.8) is 0 Å². The van der Waals surface area contributed by atoms with Crippen molar-refractivity contribution in [2.75, 3.05) is 13.1 Å². The van der Waals surface area contributed by atoms with Gasteiger partial charge in [-0.3, -0.25) is 0 Å². The molecule has 0 atom stereocenters. The van der Waals surface area contributed by atoms with Crippen molar-refractivity contribution < 1.29 is 4.79 Å². The van der Waals surface area contributed by atoms with Gasteiger partial charge in [0, 0.05) is 0 Å². The minimum absolute atomic E-state index is 0.149. The Morgan fingerprint density at radius 3 is 2.50 bits per heavy atom. The first-order valence-electron chi connectivity index (χ1n) is 5.73. The molecule has 1 amide bonds. The van der Waals surface area contributed by atoms with Crippen LogP contribution in [0.15, 0.2) is 18.5 Å². The Morgan fingerprint density at radius 2 is 2.00 bits per heavy atom. The van der Waals surface area contributed by atoms with Gasteiger partial charge < -0.3 is 0 Å². The van der Waals surface area contributed by atoms with Gasteiger partial charge in [-0.1, -0.05) is 0 Å². The van der Waals surface area contributed by atoms with Gasteiger partial charge in [0.1, 0.15) is 0 Å². The summed E-state index contributed by atoms with van der Waals surface area (Å²) < 4.78 is 1.32. The number of nitrogens with zero attached hydrogens (tertiary/aromatic N) is 2. The van der Waals surface area contributed by atoms with E-state index in [1.165, 1.54) is 3.58 Å². The van der Waals surface area contributed by atoms with Crippen molar-refractivity contribution in [1.82, 2.24) is 9.88 Å². The molecule has 16 heavy (non-hydrogen) atoms. The number of carbonyl (C=O) groups is 1. The molecule has 0 aliphatic carbocycles. The number of hydrogen-bond acceptors (Lipinski definition) is 2. The fraction of sp³-hybridized carbons (Fsp3) is 0.500. The Bertz CT molecular complexity index is 408. The monoisotopic (exact) mass is 326 g/mol. The second-order valence-corrected chi connectivity index (χ2v) is 19.8. The van der Waals surface area contributed by atoms with Crippen molar-refractivity contribution in [2.45, 2.75) is 21.2 Å². The van der Waals surface area contributed by atoms with Crippen molar-refractivity contribution in [3.8, 4) is 0 Å². The van der Waals surface area contributed by atoms with Crippen LogP contribution in [0.5, 0.6) is 0 Å². The summed E-state index contributed by atoms with van der Waals surface area (Å²) in [5, 5.41) is 0. The van der Waals surface area contributed by atoms with E-state index in [9.17, 15) is 4.79 Å². The molecule has 2 rings (SSSR count). The average molecular weight is 325 g/mol. The Kier molecular flexibility index (Phi) is 3.24. The van der Waals surface area contributed by atoms with E-state index in [2.05, 4.69) is 25.9 Å². The topological polar surface area (TPSA) is 33.2 Å². The summed E-state index contributed by atoms with van der Waals surface area (Å²) in [7, 11) is 0. The molecule has 0 radical (unpaired) electrons. The van der Waals surface area contributed by atoms with Gasteiger partial charge in [-0.25, -0.2) is 0 Å². The van der Waals surface area contributed by atoms with Crippen LogP contribution >= 0.6 is 0 Å². The van der Waals surface area contributed by atoms with Gasteiger partial charge in [-0.2, -0.15) is 0 Å². The molecule has 0 spiro atoms. The van der Waals surface area contributed by atoms with E-state index >= 15 is 0 Å². The van der Waals surface area contributed by atoms with Crippen molar-refractivity contribution in [1.29, 1.82) is 0 Å². The van der Waals surface area contributed by atoms with Crippen LogP contribution in [-0.2, 0) is 0 Å². The van der Waals surface area contributed by atoms with Crippen LogP contribution < -0.4 is 3.58 Å². The third-order valence-corrected chi connectivity index (χ3v) is 8.72. The molecule has 0 bridgehead atoms. The Labute approximate surface area is 101 Å². The Balaban J connectivity index is 2.25. The molecule has 1 aromatic heterocycles. The number of hydrogen-bond donors (Lipinski definition) is 0. The summed E-state index contributed by atoms with van der Waals surface area (Å²) in [5.74, 6) is 0.149. The van der Waals surface area contributed by atoms with E-state index in [1.54, 1.807) is 6.20 Å². The first kappa shape index (κ1) is 11.9. The molecule has 1 saturated heterocycles. The molecule has 2 heterocycles. The Hall–Kier alpha value is -0.581. The van der Waals surface area contributed by atoms with Crippen LogP contribution in [0.2, 0.25) is 14.8 Å². The maximum atomic E-state index is 12.0. The first-order valence-corrected chi connectivity index (χ1v) is 15.7. The summed E-state index contributed by atoms with van der Waals surface area (Å²) in [5.41, 5.74) is 0.767. The van der Waals surface area contributed by atoms with E-state index < -0.39 is 18.4 Å². The molecule has 0 N–H and O–H groups in total. The van der Waals surface area contributed by atoms with Gasteiger partial charge in [0.05, 0.1) is 0 Å². The van der Waals surface area contributed by atoms with E-state index in [-0.39, 0.29) is 5.91 Å². The molecule has 1 fully saturated rings. The van der Waals surface area contributed by atoms with Crippen LogP contribution in [0.1, 0.15) is 16.8 Å². The molecule has 1 aliphatic rings. The number of amides is 1. The predicted octanol–water partition coefficient (Wildman–Crippen LogP) is 1.47. The molecular formula is C12H18N2OSn. The first-order chi connectivity index (χ1) is 7.48. The van der Waals surface area contributed by atoms with Gasteiger partial charge in [0.2, 0.25) is 0 Å². The fourth-order valence-corrected chi connectivity index (χ4v) is 4.67. The van der Waals surface area contributed by atoms with Crippen LogP contribution in [0.3, 0.4) is 0 Å². The second-order valence-electron chi connectivity index (χ2n) is 5.36. The molecule has 1 aromatic rings. The van der Waals surface area contributed by atoms with E-state index in [4.69, 9.17) is 0 Å². The number of rotatable bonds is 2. The molecule has 0 aromatic carbocycles.